The van der Waals surface area contributed by atoms with E-state index in [0.717, 1.165) is 65.9 Å². The van der Waals surface area contributed by atoms with Gasteiger partial charge in [0, 0.05) is 42.2 Å². The molecule has 2 aromatic heterocycles. The van der Waals surface area contributed by atoms with Gasteiger partial charge < -0.3 is 9.64 Å². The number of hydrogen-bond donors (Lipinski definition) is 0. The number of ether oxygens (including phenoxy) is 1. The molecule has 0 amide bonds. The fourth-order valence-electron chi connectivity index (χ4n) is 3.32. The summed E-state index contributed by atoms with van der Waals surface area (Å²) < 4.78 is 5.43. The van der Waals surface area contributed by atoms with Gasteiger partial charge in [-0.15, -0.1) is 0 Å². The molecular formula is C20H17N5O. The number of fused-ring (bicyclic) bond motifs is 1. The normalized spacial score (nSPS) is 15.8. The van der Waals surface area contributed by atoms with Crippen LogP contribution in [0, 0.1) is 0 Å². The summed E-state index contributed by atoms with van der Waals surface area (Å²) in [6.07, 6.45) is 3.54. The number of hydrogen-bond acceptors (Lipinski definition) is 6. The van der Waals surface area contributed by atoms with E-state index >= 15 is 0 Å². The summed E-state index contributed by atoms with van der Waals surface area (Å²) >= 11 is 0. The van der Waals surface area contributed by atoms with Crippen LogP contribution in [0.3, 0.4) is 0 Å². The highest BCUT2D eigenvalue weighted by Crippen LogP contribution is 2.36. The van der Waals surface area contributed by atoms with Crippen LogP contribution in [0.2, 0.25) is 0 Å². The van der Waals surface area contributed by atoms with Crippen molar-refractivity contribution >= 4 is 17.2 Å². The molecule has 1 saturated heterocycles. The predicted octanol–water partition coefficient (Wildman–Crippen LogP) is 2.86. The SMILES string of the molecule is c1cnnc(-c2ccc3c(c2)C(c2ccnc(N4CCOCC4)c2)=N3)c1. The van der Waals surface area contributed by atoms with E-state index in [9.17, 15) is 0 Å². The summed E-state index contributed by atoms with van der Waals surface area (Å²) in [6.45, 7) is 3.24. The molecule has 0 unspecified atom stereocenters. The fourth-order valence-corrected chi connectivity index (χ4v) is 3.32. The average molecular weight is 343 g/mol. The van der Waals surface area contributed by atoms with Gasteiger partial charge in [0.05, 0.1) is 30.3 Å². The van der Waals surface area contributed by atoms with Gasteiger partial charge in [0.2, 0.25) is 0 Å². The van der Waals surface area contributed by atoms with Crippen molar-refractivity contribution in [2.45, 2.75) is 0 Å². The minimum atomic E-state index is 0.747. The molecule has 0 bridgehead atoms. The van der Waals surface area contributed by atoms with Crippen molar-refractivity contribution in [3.05, 3.63) is 66.0 Å². The van der Waals surface area contributed by atoms with E-state index in [1.807, 2.05) is 36.5 Å². The van der Waals surface area contributed by atoms with E-state index in [1.54, 1.807) is 6.20 Å². The molecule has 2 aliphatic rings. The number of rotatable bonds is 3. The number of aliphatic imine (C=N–C) groups is 1. The van der Waals surface area contributed by atoms with Gasteiger partial charge in [0.25, 0.3) is 0 Å². The molecule has 26 heavy (non-hydrogen) atoms. The molecule has 0 N–H and O–H groups in total. The van der Waals surface area contributed by atoms with E-state index in [-0.39, 0.29) is 0 Å². The van der Waals surface area contributed by atoms with E-state index in [4.69, 9.17) is 4.74 Å². The van der Waals surface area contributed by atoms with Crippen LogP contribution in [-0.2, 0) is 4.74 Å². The second kappa shape index (κ2) is 6.31. The van der Waals surface area contributed by atoms with Crippen LogP contribution in [0.4, 0.5) is 11.5 Å². The van der Waals surface area contributed by atoms with Crippen molar-refractivity contribution < 1.29 is 4.74 Å². The highest BCUT2D eigenvalue weighted by molar-refractivity contribution is 6.22. The van der Waals surface area contributed by atoms with Crippen LogP contribution in [-0.4, -0.2) is 47.2 Å². The summed E-state index contributed by atoms with van der Waals surface area (Å²) in [5.74, 6) is 0.979. The van der Waals surface area contributed by atoms with E-state index in [0.29, 0.717) is 0 Å². The summed E-state index contributed by atoms with van der Waals surface area (Å²) in [7, 11) is 0. The highest BCUT2D eigenvalue weighted by atomic mass is 16.5. The first-order valence-corrected chi connectivity index (χ1v) is 8.69. The molecule has 1 fully saturated rings. The van der Waals surface area contributed by atoms with Gasteiger partial charge in [-0.1, -0.05) is 6.07 Å². The number of anilines is 1. The Hall–Kier alpha value is -3.12. The third kappa shape index (κ3) is 2.64. The van der Waals surface area contributed by atoms with Crippen LogP contribution >= 0.6 is 0 Å². The first-order chi connectivity index (χ1) is 12.9. The van der Waals surface area contributed by atoms with Gasteiger partial charge in [-0.25, -0.2) is 9.98 Å². The average Bonchev–Trinajstić information content (AvgIpc) is 2.70. The molecule has 4 heterocycles. The van der Waals surface area contributed by atoms with Gasteiger partial charge in [0.15, 0.2) is 0 Å². The summed E-state index contributed by atoms with van der Waals surface area (Å²) in [5.41, 5.74) is 6.16. The molecule has 6 nitrogen and oxygen atoms in total. The number of aromatic nitrogens is 3. The minimum absolute atomic E-state index is 0.747. The Kier molecular flexibility index (Phi) is 3.68. The first-order valence-electron chi connectivity index (χ1n) is 8.69. The smallest absolute Gasteiger partial charge is 0.129 e. The molecule has 128 valence electrons. The van der Waals surface area contributed by atoms with Gasteiger partial charge >= 0.3 is 0 Å². The number of morpholine rings is 1. The Morgan fingerprint density at radius 2 is 1.85 bits per heavy atom. The summed E-state index contributed by atoms with van der Waals surface area (Å²) in [4.78, 5) is 11.5. The lowest BCUT2D eigenvalue weighted by molar-refractivity contribution is 0.122. The highest BCUT2D eigenvalue weighted by Gasteiger charge is 2.22. The van der Waals surface area contributed by atoms with Crippen LogP contribution < -0.4 is 4.90 Å². The maximum atomic E-state index is 5.43. The zero-order chi connectivity index (χ0) is 17.3. The Balaban J connectivity index is 1.46. The monoisotopic (exact) mass is 343 g/mol. The molecule has 1 aromatic carbocycles. The standard InChI is InChI=1S/C20H17N5O/c1-2-17(24-22-6-1)14-3-4-18-16(12-14)20(23-18)15-5-7-21-19(13-15)25-8-10-26-11-9-25/h1-7,12-13H,8-11H2. The quantitative estimate of drug-likeness (QED) is 0.572. The Morgan fingerprint density at radius 1 is 0.923 bits per heavy atom. The molecular weight excluding hydrogens is 326 g/mol. The predicted molar refractivity (Wildman–Crippen MR) is 100 cm³/mol. The second-order valence-electron chi connectivity index (χ2n) is 6.30. The number of pyridine rings is 1. The Morgan fingerprint density at radius 3 is 2.69 bits per heavy atom. The molecule has 6 heteroatoms. The lowest BCUT2D eigenvalue weighted by Gasteiger charge is -2.28. The molecule has 2 aliphatic heterocycles. The second-order valence-corrected chi connectivity index (χ2v) is 6.30. The van der Waals surface area contributed by atoms with Crippen molar-refractivity contribution in [2.24, 2.45) is 4.99 Å². The van der Waals surface area contributed by atoms with Gasteiger partial charge in [-0.2, -0.15) is 10.2 Å². The van der Waals surface area contributed by atoms with E-state index < -0.39 is 0 Å². The molecule has 0 radical (unpaired) electrons. The molecule has 0 saturated carbocycles. The fraction of sp³-hybridized carbons (Fsp3) is 0.200. The van der Waals surface area contributed by atoms with Gasteiger partial charge in [0.1, 0.15) is 5.82 Å². The lowest BCUT2D eigenvalue weighted by atomic mass is 9.93. The molecule has 0 atom stereocenters. The van der Waals surface area contributed by atoms with Crippen LogP contribution in [0.25, 0.3) is 11.3 Å². The summed E-state index contributed by atoms with van der Waals surface area (Å²) in [5, 5.41) is 8.17. The lowest BCUT2D eigenvalue weighted by Crippen LogP contribution is -2.36. The molecule has 3 aromatic rings. The van der Waals surface area contributed by atoms with Crippen molar-refractivity contribution in [3.63, 3.8) is 0 Å². The topological polar surface area (TPSA) is 63.5 Å². The van der Waals surface area contributed by atoms with Crippen LogP contribution in [0.5, 0.6) is 0 Å². The molecule has 0 aliphatic carbocycles. The molecule has 0 spiro atoms. The van der Waals surface area contributed by atoms with Crippen LogP contribution in [0.1, 0.15) is 11.1 Å². The summed E-state index contributed by atoms with van der Waals surface area (Å²) in [6, 6.07) is 14.2. The zero-order valence-corrected chi connectivity index (χ0v) is 14.2. The van der Waals surface area contributed by atoms with Crippen molar-refractivity contribution in [2.75, 3.05) is 31.2 Å². The maximum absolute atomic E-state index is 5.43. The minimum Gasteiger partial charge on any atom is -0.378 e. The Labute approximate surface area is 151 Å². The Bertz CT molecular complexity index is 981. The third-order valence-corrected chi connectivity index (χ3v) is 4.71. The van der Waals surface area contributed by atoms with Crippen molar-refractivity contribution in [3.8, 4) is 11.3 Å². The van der Waals surface area contributed by atoms with E-state index in [2.05, 4.69) is 37.2 Å². The molecule has 5 rings (SSSR count). The maximum Gasteiger partial charge on any atom is 0.129 e. The number of benzene rings is 1. The van der Waals surface area contributed by atoms with Gasteiger partial charge in [-0.3, -0.25) is 0 Å². The zero-order valence-electron chi connectivity index (χ0n) is 14.2. The third-order valence-electron chi connectivity index (χ3n) is 4.71. The van der Waals surface area contributed by atoms with E-state index in [1.165, 1.54) is 0 Å². The van der Waals surface area contributed by atoms with Gasteiger partial charge in [-0.05, 0) is 36.4 Å². The number of nitrogens with zero attached hydrogens (tertiary/aromatic N) is 5. The van der Waals surface area contributed by atoms with Crippen LogP contribution in [0.15, 0.2) is 59.9 Å². The van der Waals surface area contributed by atoms with Crippen molar-refractivity contribution in [1.29, 1.82) is 0 Å². The van der Waals surface area contributed by atoms with Crippen molar-refractivity contribution in [1.82, 2.24) is 15.2 Å². The first kappa shape index (κ1) is 15.2. The largest absolute Gasteiger partial charge is 0.378 e.